The van der Waals surface area contributed by atoms with Gasteiger partial charge in [-0.3, -0.25) is 14.7 Å². The van der Waals surface area contributed by atoms with E-state index >= 15 is 0 Å². The maximum Gasteiger partial charge on any atom is 0.270 e. The number of hydrogen-bond acceptors (Lipinski definition) is 7. The molecule has 0 radical (unpaired) electrons. The van der Waals surface area contributed by atoms with Gasteiger partial charge in [0.15, 0.2) is 0 Å². The summed E-state index contributed by atoms with van der Waals surface area (Å²) in [4.78, 5) is 26.3. The van der Waals surface area contributed by atoms with Crippen LogP contribution in [0.25, 0.3) is 11.0 Å². The number of rotatable bonds is 4. The fourth-order valence-electron chi connectivity index (χ4n) is 5.25. The van der Waals surface area contributed by atoms with Crippen molar-refractivity contribution in [1.29, 1.82) is 10.5 Å². The number of nitrogens with zero attached hydrogens (tertiary/aromatic N) is 7. The summed E-state index contributed by atoms with van der Waals surface area (Å²) in [6.45, 7) is 5.74. The van der Waals surface area contributed by atoms with Gasteiger partial charge in [0.1, 0.15) is 34.7 Å². The Morgan fingerprint density at radius 1 is 1.05 bits per heavy atom. The molecule has 4 heterocycles. The van der Waals surface area contributed by atoms with Crippen LogP contribution < -0.4 is 10.5 Å². The van der Waals surface area contributed by atoms with E-state index in [1.54, 1.807) is 25.2 Å². The highest BCUT2D eigenvalue weighted by atomic mass is 19.1. The van der Waals surface area contributed by atoms with Gasteiger partial charge in [0.25, 0.3) is 5.56 Å². The van der Waals surface area contributed by atoms with Crippen molar-refractivity contribution in [1.82, 2.24) is 19.4 Å². The number of pyridine rings is 3. The first-order valence-electron chi connectivity index (χ1n) is 12.3. The second kappa shape index (κ2) is 10.0. The molecular weight excluding hydrogens is 481 g/mol. The number of nitriles is 2. The predicted octanol–water partition coefficient (Wildman–Crippen LogP) is 3.82. The molecule has 0 aliphatic carbocycles. The lowest BCUT2D eigenvalue weighted by molar-refractivity contribution is 0.147. The normalized spacial score (nSPS) is 16.7. The molecule has 1 aliphatic rings. The molecule has 9 heteroatoms. The summed E-state index contributed by atoms with van der Waals surface area (Å²) in [6.07, 6.45) is 1.24. The molecule has 1 fully saturated rings. The lowest BCUT2D eigenvalue weighted by atomic mass is 9.97. The Labute approximate surface area is 219 Å². The van der Waals surface area contributed by atoms with Crippen LogP contribution in [0.4, 0.5) is 10.1 Å². The van der Waals surface area contributed by atoms with E-state index in [9.17, 15) is 19.7 Å². The zero-order valence-electron chi connectivity index (χ0n) is 21.4. The van der Waals surface area contributed by atoms with Crippen LogP contribution in [0.1, 0.15) is 41.0 Å². The first kappa shape index (κ1) is 25.1. The molecule has 4 aromatic rings. The highest BCUT2D eigenvalue weighted by Gasteiger charge is 2.34. The molecule has 1 unspecified atom stereocenters. The van der Waals surface area contributed by atoms with Gasteiger partial charge in [0, 0.05) is 32.7 Å². The Kier molecular flexibility index (Phi) is 6.62. The minimum absolute atomic E-state index is 0.0125. The smallest absolute Gasteiger partial charge is 0.270 e. The summed E-state index contributed by atoms with van der Waals surface area (Å²) in [6, 6.07) is 18.6. The molecule has 190 valence electrons. The van der Waals surface area contributed by atoms with Crippen LogP contribution in [0, 0.1) is 35.4 Å². The van der Waals surface area contributed by atoms with Crippen LogP contribution in [0.2, 0.25) is 0 Å². The number of piperazine rings is 1. The summed E-state index contributed by atoms with van der Waals surface area (Å²) < 4.78 is 15.1. The van der Waals surface area contributed by atoms with Crippen LogP contribution in [0.15, 0.2) is 59.5 Å². The van der Waals surface area contributed by atoms with Gasteiger partial charge in [-0.1, -0.05) is 29.8 Å². The number of benzene rings is 1. The molecule has 1 saturated heterocycles. The van der Waals surface area contributed by atoms with E-state index in [4.69, 9.17) is 0 Å². The fraction of sp³-hybridized carbons (Fsp3) is 0.276. The number of fused-ring (bicyclic) bond motifs is 1. The quantitative estimate of drug-likeness (QED) is 0.414. The monoisotopic (exact) mass is 507 g/mol. The van der Waals surface area contributed by atoms with Crippen LogP contribution in [-0.2, 0) is 7.05 Å². The Balaban J connectivity index is 1.56. The van der Waals surface area contributed by atoms with E-state index in [0.29, 0.717) is 36.4 Å². The van der Waals surface area contributed by atoms with Crippen LogP contribution in [0.5, 0.6) is 0 Å². The first-order valence-corrected chi connectivity index (χ1v) is 12.3. The molecular formula is C29H26FN7O. The third-order valence-corrected chi connectivity index (χ3v) is 7.19. The first-order chi connectivity index (χ1) is 18.3. The SMILES string of the molecule is Cc1ccc(C(c2ccc(F)cn2)N2CCN(c3c(C#N)c(=O)n(C)c4ccc(C#N)nc34)C[C@H]2C)cc1. The van der Waals surface area contributed by atoms with Gasteiger partial charge >= 0.3 is 0 Å². The Bertz CT molecular complexity index is 1600. The van der Waals surface area contributed by atoms with Crippen molar-refractivity contribution in [3.05, 3.63) is 99.0 Å². The molecule has 2 atom stereocenters. The van der Waals surface area contributed by atoms with Crippen molar-refractivity contribution < 1.29 is 4.39 Å². The van der Waals surface area contributed by atoms with Gasteiger partial charge in [-0.05, 0) is 43.7 Å². The van der Waals surface area contributed by atoms with E-state index in [1.807, 2.05) is 11.8 Å². The van der Waals surface area contributed by atoms with Crippen molar-refractivity contribution in [2.75, 3.05) is 24.5 Å². The number of halogens is 1. The lowest BCUT2D eigenvalue weighted by Crippen LogP contribution is -2.53. The van der Waals surface area contributed by atoms with Gasteiger partial charge in [0.05, 0.1) is 29.1 Å². The molecule has 0 amide bonds. The van der Waals surface area contributed by atoms with Gasteiger partial charge in [-0.25, -0.2) is 9.37 Å². The van der Waals surface area contributed by atoms with Crippen LogP contribution >= 0.6 is 0 Å². The third-order valence-electron chi connectivity index (χ3n) is 7.19. The molecule has 1 aromatic carbocycles. The second-order valence-corrected chi connectivity index (χ2v) is 9.62. The molecule has 3 aromatic heterocycles. The molecule has 38 heavy (non-hydrogen) atoms. The molecule has 8 nitrogen and oxygen atoms in total. The van der Waals surface area contributed by atoms with Gasteiger partial charge in [-0.2, -0.15) is 10.5 Å². The maximum absolute atomic E-state index is 13.7. The average Bonchev–Trinajstić information content (AvgIpc) is 2.93. The van der Waals surface area contributed by atoms with Crippen molar-refractivity contribution in [3.8, 4) is 12.1 Å². The third kappa shape index (κ3) is 4.38. The fourth-order valence-corrected chi connectivity index (χ4v) is 5.25. The van der Waals surface area contributed by atoms with Crippen molar-refractivity contribution >= 4 is 16.7 Å². The molecule has 0 saturated carbocycles. The summed E-state index contributed by atoms with van der Waals surface area (Å²) in [7, 11) is 1.60. The number of aryl methyl sites for hydroxylation is 2. The van der Waals surface area contributed by atoms with Crippen LogP contribution in [0.3, 0.4) is 0 Å². The van der Waals surface area contributed by atoms with Gasteiger partial charge < -0.3 is 9.47 Å². The van der Waals surface area contributed by atoms with Crippen molar-refractivity contribution in [2.45, 2.75) is 25.9 Å². The largest absolute Gasteiger partial charge is 0.366 e. The van der Waals surface area contributed by atoms with Gasteiger partial charge in [0.2, 0.25) is 0 Å². The molecule has 0 bridgehead atoms. The standard InChI is InChI=1S/C29H26FN7O/c1-18-4-6-20(7-5-18)27(24-10-8-21(30)16-33-24)37-13-12-36(17-19(37)2)28-23(15-32)29(38)35(3)25-11-9-22(14-31)34-26(25)28/h4-11,16,19,27H,12-13,17H2,1-3H3/t19-,27?/m1/s1. The zero-order valence-corrected chi connectivity index (χ0v) is 21.4. The van der Waals surface area contributed by atoms with Crippen molar-refractivity contribution in [3.63, 3.8) is 0 Å². The predicted molar refractivity (Wildman–Crippen MR) is 142 cm³/mol. The highest BCUT2D eigenvalue weighted by Crippen LogP contribution is 2.34. The second-order valence-electron chi connectivity index (χ2n) is 9.62. The van der Waals surface area contributed by atoms with Crippen molar-refractivity contribution in [2.24, 2.45) is 7.05 Å². The maximum atomic E-state index is 13.7. The number of anilines is 1. The minimum atomic E-state index is -0.398. The highest BCUT2D eigenvalue weighted by molar-refractivity contribution is 5.92. The zero-order chi connectivity index (χ0) is 27.0. The van der Waals surface area contributed by atoms with E-state index in [1.165, 1.54) is 16.8 Å². The Hall–Kier alpha value is -4.60. The van der Waals surface area contributed by atoms with E-state index in [-0.39, 0.29) is 29.2 Å². The molecule has 0 N–H and O–H groups in total. The summed E-state index contributed by atoms with van der Waals surface area (Å²) >= 11 is 0. The Morgan fingerprint density at radius 2 is 1.82 bits per heavy atom. The summed E-state index contributed by atoms with van der Waals surface area (Å²) in [5, 5.41) is 19.4. The summed E-state index contributed by atoms with van der Waals surface area (Å²) in [5.41, 5.74) is 4.24. The van der Waals surface area contributed by atoms with Crippen LogP contribution in [-0.4, -0.2) is 45.1 Å². The average molecular weight is 508 g/mol. The number of hydrogen-bond donors (Lipinski definition) is 0. The lowest BCUT2D eigenvalue weighted by Gasteiger charge is -2.45. The van der Waals surface area contributed by atoms with E-state index in [0.717, 1.165) is 16.8 Å². The number of aromatic nitrogens is 3. The Morgan fingerprint density at radius 3 is 2.45 bits per heavy atom. The summed E-state index contributed by atoms with van der Waals surface area (Å²) in [5.74, 6) is -0.389. The molecule has 1 aliphatic heterocycles. The van der Waals surface area contributed by atoms with Gasteiger partial charge in [-0.15, -0.1) is 0 Å². The topological polar surface area (TPSA) is 102 Å². The van der Waals surface area contributed by atoms with E-state index < -0.39 is 5.56 Å². The van der Waals surface area contributed by atoms with E-state index in [2.05, 4.69) is 58.2 Å². The molecule has 0 spiro atoms. The minimum Gasteiger partial charge on any atom is -0.366 e. The molecule has 5 rings (SSSR count).